The summed E-state index contributed by atoms with van der Waals surface area (Å²) in [6.07, 6.45) is 3.60. The average Bonchev–Trinajstić information content (AvgIpc) is 3.30. The first-order valence-electron chi connectivity index (χ1n) is 17.6. The summed E-state index contributed by atoms with van der Waals surface area (Å²) in [6.45, 7) is 6.25. The summed E-state index contributed by atoms with van der Waals surface area (Å²) >= 11 is 6.38. The van der Waals surface area contributed by atoms with Crippen LogP contribution < -0.4 is 23.8 Å². The largest absolute Gasteiger partial charge is 0.497 e. The monoisotopic (exact) mass is 744 g/mol. The Hall–Kier alpha value is -4.22. The van der Waals surface area contributed by atoms with E-state index in [-0.39, 0.29) is 29.8 Å². The van der Waals surface area contributed by atoms with Crippen LogP contribution in [0.4, 0.5) is 5.69 Å². The van der Waals surface area contributed by atoms with E-state index >= 15 is 0 Å². The zero-order valence-corrected chi connectivity index (χ0v) is 31.1. The van der Waals surface area contributed by atoms with Gasteiger partial charge in [0.15, 0.2) is 0 Å². The van der Waals surface area contributed by atoms with E-state index in [2.05, 4.69) is 11.5 Å². The van der Waals surface area contributed by atoms with Crippen molar-refractivity contribution in [2.75, 3.05) is 45.4 Å². The topological polar surface area (TPSA) is 97.8 Å². The van der Waals surface area contributed by atoms with Crippen LogP contribution in [0.3, 0.4) is 0 Å². The number of fused-ring (bicyclic) bond motifs is 3. The Labute approximate surface area is 311 Å². The first kappa shape index (κ1) is 36.2. The van der Waals surface area contributed by atoms with Gasteiger partial charge >= 0.3 is 0 Å². The number of ether oxygens (including phenoxy) is 4. The van der Waals surface area contributed by atoms with E-state index in [1.165, 1.54) is 4.31 Å². The first-order chi connectivity index (χ1) is 25.1. The molecule has 0 aromatic heterocycles. The van der Waals surface area contributed by atoms with Gasteiger partial charge in [0.1, 0.15) is 23.0 Å². The van der Waals surface area contributed by atoms with E-state index in [1.54, 1.807) is 38.5 Å². The molecule has 2 heterocycles. The van der Waals surface area contributed by atoms with Gasteiger partial charge in [-0.15, -0.1) is 6.58 Å². The third-order valence-electron chi connectivity index (χ3n) is 10.9. The van der Waals surface area contributed by atoms with Crippen LogP contribution in [0.1, 0.15) is 36.0 Å². The van der Waals surface area contributed by atoms with Crippen molar-refractivity contribution in [3.05, 3.63) is 119 Å². The van der Waals surface area contributed by atoms with Gasteiger partial charge in [0.05, 0.1) is 49.5 Å². The van der Waals surface area contributed by atoms with Crippen molar-refractivity contribution >= 4 is 27.3 Å². The normalized spacial score (nSPS) is 21.5. The minimum Gasteiger partial charge on any atom is -0.497 e. The molecular formula is C41H45ClN2O7S. The van der Waals surface area contributed by atoms with E-state index in [0.29, 0.717) is 54.3 Å². The van der Waals surface area contributed by atoms with Crippen molar-refractivity contribution in [2.45, 2.75) is 48.8 Å². The van der Waals surface area contributed by atoms with Crippen LogP contribution in [-0.2, 0) is 28.5 Å². The van der Waals surface area contributed by atoms with Crippen LogP contribution in [0.25, 0.3) is 0 Å². The second-order valence-corrected chi connectivity index (χ2v) is 16.4. The van der Waals surface area contributed by atoms with Gasteiger partial charge in [-0.3, -0.25) is 0 Å². The first-order valence-corrected chi connectivity index (χ1v) is 19.5. The third kappa shape index (κ3) is 7.22. The lowest BCUT2D eigenvalue weighted by molar-refractivity contribution is 0.0458. The number of aliphatic hydroxyl groups excluding tert-OH is 1. The Morgan fingerprint density at radius 1 is 0.942 bits per heavy atom. The standard InChI is InChI=1S/C41H45ClN2O7S/c1-4-38(45)35-16-9-30(35)25-43-26-41(19-20-50-40-21-31(42)10-17-36(40)41)27-51-39-18-15-34(22-37(39)43)52(46,47)44(23-28-5-11-32(48-2)12-6-28)24-29-7-13-33(49-3)14-8-29/h4-8,10-15,17-18,21-22,30,35,38,45H,1,9,16,19-20,23-27H2,2-3H3/t30-,35+,38?,41-/m0/s1. The molecule has 1 unspecified atom stereocenters. The molecule has 9 nitrogen and oxygen atoms in total. The summed E-state index contributed by atoms with van der Waals surface area (Å²) in [5.41, 5.74) is 2.97. The molecule has 4 aromatic carbocycles. The van der Waals surface area contributed by atoms with Crippen molar-refractivity contribution in [3.63, 3.8) is 0 Å². The number of sulfonamides is 1. The molecule has 2 aliphatic heterocycles. The molecule has 1 aliphatic carbocycles. The van der Waals surface area contributed by atoms with Gasteiger partial charge in [-0.2, -0.15) is 4.31 Å². The molecule has 0 amide bonds. The van der Waals surface area contributed by atoms with Gasteiger partial charge in [-0.1, -0.05) is 48.0 Å². The van der Waals surface area contributed by atoms with Gasteiger partial charge in [0.25, 0.3) is 0 Å². The molecule has 0 bridgehead atoms. The van der Waals surface area contributed by atoms with Crippen LogP contribution in [0.5, 0.6) is 23.0 Å². The number of methoxy groups -OCH3 is 2. The number of hydrogen-bond donors (Lipinski definition) is 1. The number of rotatable bonds is 12. The number of aliphatic hydroxyl groups is 1. The zero-order valence-electron chi connectivity index (χ0n) is 29.5. The highest BCUT2D eigenvalue weighted by Gasteiger charge is 2.45. The van der Waals surface area contributed by atoms with E-state index in [9.17, 15) is 13.5 Å². The maximum absolute atomic E-state index is 14.8. The minimum absolute atomic E-state index is 0.0817. The van der Waals surface area contributed by atoms with Crippen molar-refractivity contribution < 1.29 is 32.5 Å². The Bertz CT molecular complexity index is 1960. The molecular weight excluding hydrogens is 700 g/mol. The summed E-state index contributed by atoms with van der Waals surface area (Å²) < 4.78 is 54.4. The quantitative estimate of drug-likeness (QED) is 0.152. The number of hydrogen-bond acceptors (Lipinski definition) is 8. The predicted octanol–water partition coefficient (Wildman–Crippen LogP) is 7.24. The van der Waals surface area contributed by atoms with Gasteiger partial charge in [-0.05, 0) is 96.8 Å². The lowest BCUT2D eigenvalue weighted by atomic mass is 9.70. The highest BCUT2D eigenvalue weighted by atomic mass is 35.5. The molecule has 4 atom stereocenters. The van der Waals surface area contributed by atoms with Crippen molar-refractivity contribution in [3.8, 4) is 23.0 Å². The molecule has 52 heavy (non-hydrogen) atoms. The molecule has 1 fully saturated rings. The third-order valence-corrected chi connectivity index (χ3v) is 12.9. The van der Waals surface area contributed by atoms with Crippen molar-refractivity contribution in [2.24, 2.45) is 11.8 Å². The molecule has 4 aromatic rings. The number of halogens is 1. The van der Waals surface area contributed by atoms with Crippen molar-refractivity contribution in [1.82, 2.24) is 4.31 Å². The lowest BCUT2D eigenvalue weighted by Gasteiger charge is -2.45. The molecule has 1 spiro atoms. The lowest BCUT2D eigenvalue weighted by Crippen LogP contribution is -2.50. The summed E-state index contributed by atoms with van der Waals surface area (Å²) in [4.78, 5) is 2.45. The fourth-order valence-electron chi connectivity index (χ4n) is 7.73. The highest BCUT2D eigenvalue weighted by Crippen LogP contribution is 2.47. The van der Waals surface area contributed by atoms with E-state index in [4.69, 9.17) is 30.5 Å². The van der Waals surface area contributed by atoms with Crippen LogP contribution in [0, 0.1) is 11.8 Å². The molecule has 3 aliphatic rings. The molecule has 1 saturated carbocycles. The smallest absolute Gasteiger partial charge is 0.243 e. The number of anilines is 1. The fraction of sp³-hybridized carbons (Fsp3) is 0.366. The Morgan fingerprint density at radius 2 is 1.62 bits per heavy atom. The molecule has 11 heteroatoms. The maximum Gasteiger partial charge on any atom is 0.243 e. The summed E-state index contributed by atoms with van der Waals surface area (Å²) in [7, 11) is -0.826. The SMILES string of the molecule is C=CC(O)[C@@H]1CC[C@H]1CN1C[C@@]2(CCOc3cc(Cl)ccc32)COc2ccc(S(=O)(=O)N(Cc3ccc(OC)cc3)Cc3ccc(OC)cc3)cc21. The Balaban J connectivity index is 1.27. The van der Waals surface area contributed by atoms with E-state index in [1.807, 2.05) is 66.7 Å². The van der Waals surface area contributed by atoms with Crippen LogP contribution >= 0.6 is 11.6 Å². The number of benzene rings is 4. The molecule has 7 rings (SSSR count). The average molecular weight is 745 g/mol. The molecule has 274 valence electrons. The Morgan fingerprint density at radius 3 is 2.21 bits per heavy atom. The van der Waals surface area contributed by atoms with Crippen LogP contribution in [0.15, 0.2) is 102 Å². The second kappa shape index (κ2) is 15.0. The Kier molecular flexibility index (Phi) is 10.4. The number of nitrogens with zero attached hydrogens (tertiary/aromatic N) is 2. The molecule has 0 radical (unpaired) electrons. The highest BCUT2D eigenvalue weighted by molar-refractivity contribution is 7.89. The summed E-state index contributed by atoms with van der Waals surface area (Å²) in [5, 5.41) is 11.4. The maximum atomic E-state index is 14.8. The fourth-order valence-corrected chi connectivity index (χ4v) is 9.33. The zero-order chi connectivity index (χ0) is 36.5. The summed E-state index contributed by atoms with van der Waals surface area (Å²) in [6, 6.07) is 25.8. The summed E-state index contributed by atoms with van der Waals surface area (Å²) in [5.74, 6) is 3.03. The second-order valence-electron chi connectivity index (χ2n) is 14.0. The van der Waals surface area contributed by atoms with Crippen LogP contribution in [0.2, 0.25) is 5.02 Å². The van der Waals surface area contributed by atoms with E-state index in [0.717, 1.165) is 41.7 Å². The predicted molar refractivity (Wildman–Crippen MR) is 202 cm³/mol. The van der Waals surface area contributed by atoms with Crippen molar-refractivity contribution in [1.29, 1.82) is 0 Å². The van der Waals surface area contributed by atoms with Gasteiger partial charge < -0.3 is 29.0 Å². The van der Waals surface area contributed by atoms with Gasteiger partial charge in [0.2, 0.25) is 10.0 Å². The minimum atomic E-state index is -4.03. The van der Waals surface area contributed by atoms with Crippen LogP contribution in [-0.4, -0.2) is 64.5 Å². The van der Waals surface area contributed by atoms with E-state index < -0.39 is 21.5 Å². The molecule has 1 N–H and O–H groups in total. The molecule has 0 saturated heterocycles. The van der Waals surface area contributed by atoms with Gasteiger partial charge in [0, 0.05) is 36.8 Å². The van der Waals surface area contributed by atoms with Gasteiger partial charge in [-0.25, -0.2) is 8.42 Å².